The third-order valence-electron chi connectivity index (χ3n) is 2.53. The van der Waals surface area contributed by atoms with Crippen LogP contribution >= 0.6 is 11.6 Å². The van der Waals surface area contributed by atoms with Gasteiger partial charge in [-0.25, -0.2) is 0 Å². The highest BCUT2D eigenvalue weighted by Crippen LogP contribution is 2.13. The summed E-state index contributed by atoms with van der Waals surface area (Å²) >= 11 is 5.81. The second-order valence-corrected chi connectivity index (χ2v) is 4.59. The van der Waals surface area contributed by atoms with Crippen molar-refractivity contribution in [2.24, 2.45) is 10.8 Å². The first-order valence-corrected chi connectivity index (χ1v) is 6.31. The van der Waals surface area contributed by atoms with E-state index in [1.807, 2.05) is 18.2 Å². The molecule has 8 heteroatoms. The van der Waals surface area contributed by atoms with Gasteiger partial charge in [0.25, 0.3) is 0 Å². The maximum absolute atomic E-state index is 8.76. The van der Waals surface area contributed by atoms with Gasteiger partial charge in [-0.2, -0.15) is 15.5 Å². The molecule has 0 unspecified atom stereocenters. The summed E-state index contributed by atoms with van der Waals surface area (Å²) in [6, 6.07) is 9.16. The Hall–Kier alpha value is -2.85. The summed E-state index contributed by atoms with van der Waals surface area (Å²) in [4.78, 5) is 0. The molecule has 0 fully saturated rings. The minimum atomic E-state index is -0.382. The van der Waals surface area contributed by atoms with E-state index in [0.29, 0.717) is 17.3 Å². The maximum Gasteiger partial charge on any atom is 0.201 e. The van der Waals surface area contributed by atoms with Crippen LogP contribution in [0.5, 0.6) is 0 Å². The van der Waals surface area contributed by atoms with Gasteiger partial charge in [-0.3, -0.25) is 15.5 Å². The van der Waals surface area contributed by atoms with Crippen molar-refractivity contribution in [3.8, 4) is 6.07 Å². The number of halogens is 1. The highest BCUT2D eigenvalue weighted by atomic mass is 35.5. The number of aromatic nitrogens is 2. The predicted octanol–water partition coefficient (Wildman–Crippen LogP) is 1.81. The van der Waals surface area contributed by atoms with Crippen molar-refractivity contribution in [3.63, 3.8) is 0 Å². The van der Waals surface area contributed by atoms with Crippen molar-refractivity contribution in [2.45, 2.75) is 6.54 Å². The average molecular weight is 302 g/mol. The number of nitriles is 1. The van der Waals surface area contributed by atoms with Crippen LogP contribution in [0.25, 0.3) is 0 Å². The Morgan fingerprint density at radius 1 is 1.57 bits per heavy atom. The molecule has 0 saturated heterocycles. The van der Waals surface area contributed by atoms with Crippen LogP contribution in [-0.4, -0.2) is 21.3 Å². The number of amidine groups is 1. The van der Waals surface area contributed by atoms with E-state index in [2.05, 4.69) is 15.6 Å². The zero-order valence-electron chi connectivity index (χ0n) is 10.9. The lowest BCUT2D eigenvalue weighted by atomic mass is 10.2. The van der Waals surface area contributed by atoms with E-state index >= 15 is 0 Å². The Morgan fingerprint density at radius 3 is 3.00 bits per heavy atom. The van der Waals surface area contributed by atoms with Crippen molar-refractivity contribution in [2.75, 3.05) is 5.43 Å². The number of hydrogen-bond donors (Lipinski definition) is 3. The number of rotatable bonds is 5. The third kappa shape index (κ3) is 4.06. The van der Waals surface area contributed by atoms with Crippen LogP contribution in [0.15, 0.2) is 41.8 Å². The summed E-state index contributed by atoms with van der Waals surface area (Å²) in [6.45, 7) is 0.559. The molecule has 0 aliphatic heterocycles. The summed E-state index contributed by atoms with van der Waals surface area (Å²) in [5.41, 5.74) is 9.40. The zero-order valence-corrected chi connectivity index (χ0v) is 11.7. The van der Waals surface area contributed by atoms with Crippen LogP contribution in [0, 0.1) is 16.7 Å². The normalized spacial score (nSPS) is 11.0. The molecule has 0 amide bonds. The van der Waals surface area contributed by atoms with Crippen LogP contribution in [0.3, 0.4) is 0 Å². The molecule has 0 aliphatic carbocycles. The molecule has 0 spiro atoms. The zero-order chi connectivity index (χ0) is 15.2. The number of benzene rings is 1. The molecule has 2 rings (SSSR count). The fraction of sp³-hybridized carbons (Fsp3) is 0.0769. The van der Waals surface area contributed by atoms with Gasteiger partial charge in [0.15, 0.2) is 5.84 Å². The Balaban J connectivity index is 2.11. The average Bonchev–Trinajstić information content (AvgIpc) is 2.85. The molecular weight excluding hydrogens is 290 g/mol. The second-order valence-electron chi connectivity index (χ2n) is 4.15. The first-order valence-electron chi connectivity index (χ1n) is 5.93. The number of hydrogen-bond acceptors (Lipinski definition) is 5. The lowest BCUT2D eigenvalue weighted by Crippen LogP contribution is -2.21. The second kappa shape index (κ2) is 6.54. The summed E-state index contributed by atoms with van der Waals surface area (Å²) in [7, 11) is 0. The van der Waals surface area contributed by atoms with Crippen molar-refractivity contribution >= 4 is 28.8 Å². The number of nitrogens with one attached hydrogen (secondary N) is 2. The molecule has 0 radical (unpaired) electrons. The van der Waals surface area contributed by atoms with Crippen LogP contribution < -0.4 is 11.2 Å². The number of nitrogens with zero attached hydrogens (tertiary/aromatic N) is 4. The highest BCUT2D eigenvalue weighted by molar-refractivity contribution is 6.45. The van der Waals surface area contributed by atoms with E-state index in [9.17, 15) is 0 Å². The molecule has 1 heterocycles. The van der Waals surface area contributed by atoms with Gasteiger partial charge in [0, 0.05) is 6.20 Å². The molecule has 2 aromatic rings. The summed E-state index contributed by atoms with van der Waals surface area (Å²) in [5.74, 6) is -0.382. The number of anilines is 1. The topological polar surface area (TPSA) is 116 Å². The first-order chi connectivity index (χ1) is 10.1. The van der Waals surface area contributed by atoms with Gasteiger partial charge in [-0.15, -0.1) is 0 Å². The van der Waals surface area contributed by atoms with Crippen molar-refractivity contribution in [1.82, 2.24) is 9.78 Å². The van der Waals surface area contributed by atoms with Gasteiger partial charge in [0.05, 0.1) is 23.5 Å². The lowest BCUT2D eigenvalue weighted by molar-refractivity contribution is 0.687. The fourth-order valence-electron chi connectivity index (χ4n) is 1.62. The standard InChI is InChI=1S/C13H12ClN7/c14-10-6-18-21(8-10)7-9-2-1-3-11(4-9)19-20-12(5-15)13(16)17/h1-4,6,8,19H,7H2,(H3,16,17)/b20-12+. The van der Waals surface area contributed by atoms with Crippen molar-refractivity contribution in [1.29, 1.82) is 10.7 Å². The van der Waals surface area contributed by atoms with Gasteiger partial charge in [-0.05, 0) is 17.7 Å². The Morgan fingerprint density at radius 2 is 2.38 bits per heavy atom. The monoisotopic (exact) mass is 301 g/mol. The molecular formula is C13H12ClN7. The van der Waals surface area contributed by atoms with Gasteiger partial charge in [-0.1, -0.05) is 23.7 Å². The lowest BCUT2D eigenvalue weighted by Gasteiger charge is -2.05. The van der Waals surface area contributed by atoms with Gasteiger partial charge in [0.1, 0.15) is 6.07 Å². The minimum absolute atomic E-state index is 0.167. The first kappa shape index (κ1) is 14.6. The van der Waals surface area contributed by atoms with Crippen LogP contribution in [-0.2, 0) is 6.54 Å². The van der Waals surface area contributed by atoms with E-state index in [1.54, 1.807) is 29.2 Å². The molecule has 4 N–H and O–H groups in total. The number of hydrazone groups is 1. The molecule has 106 valence electrons. The molecule has 0 saturated carbocycles. The van der Waals surface area contributed by atoms with Gasteiger partial charge in [0.2, 0.25) is 5.71 Å². The quantitative estimate of drug-likeness (QED) is 0.443. The molecule has 0 aliphatic rings. The fourth-order valence-corrected chi connectivity index (χ4v) is 1.77. The van der Waals surface area contributed by atoms with E-state index in [-0.39, 0.29) is 11.5 Å². The van der Waals surface area contributed by atoms with Gasteiger partial charge >= 0.3 is 0 Å². The van der Waals surface area contributed by atoms with Gasteiger partial charge < -0.3 is 5.73 Å². The predicted molar refractivity (Wildman–Crippen MR) is 81.4 cm³/mol. The molecule has 21 heavy (non-hydrogen) atoms. The van der Waals surface area contributed by atoms with Crippen LogP contribution in [0.1, 0.15) is 5.56 Å². The van der Waals surface area contributed by atoms with Crippen LogP contribution in [0.4, 0.5) is 5.69 Å². The van der Waals surface area contributed by atoms with E-state index in [0.717, 1.165) is 5.56 Å². The van der Waals surface area contributed by atoms with Crippen molar-refractivity contribution in [3.05, 3.63) is 47.2 Å². The third-order valence-corrected chi connectivity index (χ3v) is 2.73. The SMILES string of the molecule is N#C/C(=N\Nc1cccc(Cn2cc(Cl)cn2)c1)C(=N)N. The summed E-state index contributed by atoms with van der Waals surface area (Å²) < 4.78 is 1.71. The highest BCUT2D eigenvalue weighted by Gasteiger charge is 2.02. The number of nitrogens with two attached hydrogens (primary N) is 1. The summed E-state index contributed by atoms with van der Waals surface area (Å²) in [5, 5.41) is 24.4. The molecule has 1 aromatic heterocycles. The smallest absolute Gasteiger partial charge is 0.201 e. The maximum atomic E-state index is 8.76. The molecule has 0 atom stereocenters. The largest absolute Gasteiger partial charge is 0.382 e. The molecule has 1 aromatic carbocycles. The minimum Gasteiger partial charge on any atom is -0.382 e. The molecule has 0 bridgehead atoms. The Labute approximate surface area is 126 Å². The van der Waals surface area contributed by atoms with Crippen molar-refractivity contribution < 1.29 is 0 Å². The Kier molecular flexibility index (Phi) is 4.53. The van der Waals surface area contributed by atoms with E-state index in [4.69, 9.17) is 28.0 Å². The summed E-state index contributed by atoms with van der Waals surface area (Å²) in [6.07, 6.45) is 3.29. The van der Waals surface area contributed by atoms with Crippen LogP contribution in [0.2, 0.25) is 5.02 Å². The van der Waals surface area contributed by atoms with E-state index in [1.165, 1.54) is 0 Å². The molecule has 7 nitrogen and oxygen atoms in total. The Bertz CT molecular complexity index is 726. The van der Waals surface area contributed by atoms with E-state index < -0.39 is 0 Å².